The zero-order valence-electron chi connectivity index (χ0n) is 58.8. The third-order valence-electron chi connectivity index (χ3n) is 19.1. The van der Waals surface area contributed by atoms with Gasteiger partial charge in [-0.25, -0.2) is 0 Å². The van der Waals surface area contributed by atoms with Gasteiger partial charge in [-0.15, -0.1) is 0 Å². The fourth-order valence-electron chi connectivity index (χ4n) is 13.0. The number of esters is 1. The lowest BCUT2D eigenvalue weighted by Crippen LogP contribution is -2.45. The molecule has 0 aromatic rings. The van der Waals surface area contributed by atoms with E-state index < -0.39 is 12.1 Å². The lowest BCUT2D eigenvalue weighted by Gasteiger charge is -2.20. The Bertz CT molecular complexity index is 1300. The van der Waals surface area contributed by atoms with Gasteiger partial charge in [0.1, 0.15) is 0 Å². The first kappa shape index (κ1) is 84.6. The average molecular weight is 1210 g/mol. The summed E-state index contributed by atoms with van der Waals surface area (Å²) in [5, 5.41) is 23.3. The molecule has 0 fully saturated rings. The second kappa shape index (κ2) is 76.1. The molecule has 0 aliphatic heterocycles. The van der Waals surface area contributed by atoms with Gasteiger partial charge in [0.05, 0.1) is 25.4 Å². The molecule has 86 heavy (non-hydrogen) atoms. The van der Waals surface area contributed by atoms with E-state index in [2.05, 4.69) is 19.2 Å². The van der Waals surface area contributed by atoms with E-state index >= 15 is 0 Å². The zero-order valence-corrected chi connectivity index (χ0v) is 58.8. The van der Waals surface area contributed by atoms with Crippen LogP contribution in [0.1, 0.15) is 463 Å². The average Bonchev–Trinajstić information content (AvgIpc) is 3.52. The highest BCUT2D eigenvalue weighted by Gasteiger charge is 2.18. The largest absolute Gasteiger partial charge is 0.466 e. The minimum Gasteiger partial charge on any atom is -0.466 e. The van der Waals surface area contributed by atoms with Crippen LogP contribution in [-0.2, 0) is 14.3 Å². The van der Waals surface area contributed by atoms with Crippen molar-refractivity contribution in [3.8, 4) is 0 Å². The second-order valence-corrected chi connectivity index (χ2v) is 27.8. The molecular weight excluding hydrogens is 1050 g/mol. The van der Waals surface area contributed by atoms with Gasteiger partial charge in [-0.05, 0) is 32.1 Å². The Balaban J connectivity index is 3.34. The van der Waals surface area contributed by atoms with E-state index in [1.807, 2.05) is 6.08 Å². The molecule has 0 rings (SSSR count). The predicted octanol–water partition coefficient (Wildman–Crippen LogP) is 26.3. The Labute approximate surface area is 539 Å². The smallest absolute Gasteiger partial charge is 0.305 e. The van der Waals surface area contributed by atoms with E-state index in [4.69, 9.17) is 4.74 Å². The van der Waals surface area contributed by atoms with Crippen LogP contribution in [0.3, 0.4) is 0 Å². The molecule has 0 heterocycles. The number of hydrogen-bond acceptors (Lipinski definition) is 5. The van der Waals surface area contributed by atoms with Crippen LogP contribution >= 0.6 is 0 Å². The summed E-state index contributed by atoms with van der Waals surface area (Å²) < 4.78 is 5.51. The summed E-state index contributed by atoms with van der Waals surface area (Å²) in [7, 11) is 0. The zero-order chi connectivity index (χ0) is 62.0. The van der Waals surface area contributed by atoms with Crippen LogP contribution in [0.5, 0.6) is 0 Å². The topological polar surface area (TPSA) is 95.9 Å². The maximum absolute atomic E-state index is 12.6. The Kier molecular flexibility index (Phi) is 74.8. The monoisotopic (exact) mass is 1210 g/mol. The predicted molar refractivity (Wildman–Crippen MR) is 380 cm³/mol. The van der Waals surface area contributed by atoms with Crippen molar-refractivity contribution >= 4 is 11.9 Å². The van der Waals surface area contributed by atoms with Crippen LogP contribution in [0, 0.1) is 0 Å². The lowest BCUT2D eigenvalue weighted by atomic mass is 10.0. The molecule has 6 heteroatoms. The van der Waals surface area contributed by atoms with Crippen LogP contribution in [0.2, 0.25) is 0 Å². The van der Waals surface area contributed by atoms with Gasteiger partial charge < -0.3 is 20.3 Å². The van der Waals surface area contributed by atoms with Crippen LogP contribution in [0.4, 0.5) is 0 Å². The molecule has 0 spiro atoms. The number of carbonyl (C=O) groups excluding carboxylic acids is 2. The third kappa shape index (κ3) is 71.7. The molecular formula is C80H157NO5. The van der Waals surface area contributed by atoms with Crippen molar-refractivity contribution in [1.29, 1.82) is 0 Å². The Morgan fingerprint density at radius 2 is 0.535 bits per heavy atom. The van der Waals surface area contributed by atoms with Gasteiger partial charge in [0.2, 0.25) is 5.91 Å². The first-order chi connectivity index (χ1) is 42.5. The minimum absolute atomic E-state index is 0.0246. The number of amides is 1. The highest BCUT2D eigenvalue weighted by Crippen LogP contribution is 2.20. The quantitative estimate of drug-likeness (QED) is 0.0320. The molecule has 0 saturated heterocycles. The number of rotatable bonds is 76. The summed E-state index contributed by atoms with van der Waals surface area (Å²) in [6, 6.07) is -0.625. The van der Waals surface area contributed by atoms with Gasteiger partial charge in [0, 0.05) is 12.8 Å². The third-order valence-corrected chi connectivity index (χ3v) is 19.1. The Morgan fingerprint density at radius 1 is 0.314 bits per heavy atom. The van der Waals surface area contributed by atoms with Crippen LogP contribution in [0.25, 0.3) is 0 Å². The van der Waals surface area contributed by atoms with E-state index in [0.29, 0.717) is 19.4 Å². The molecule has 1 amide bonds. The molecule has 2 atom stereocenters. The number of aliphatic hydroxyl groups is 2. The molecule has 0 saturated carbocycles. The van der Waals surface area contributed by atoms with E-state index in [-0.39, 0.29) is 18.5 Å². The number of allylic oxidation sites excluding steroid dienone is 1. The molecule has 0 aliphatic carbocycles. The highest BCUT2D eigenvalue weighted by atomic mass is 16.5. The van der Waals surface area contributed by atoms with Crippen molar-refractivity contribution in [2.75, 3.05) is 13.2 Å². The van der Waals surface area contributed by atoms with E-state index in [0.717, 1.165) is 38.5 Å². The van der Waals surface area contributed by atoms with Gasteiger partial charge in [-0.3, -0.25) is 9.59 Å². The molecule has 2 unspecified atom stereocenters. The van der Waals surface area contributed by atoms with Crippen LogP contribution in [0.15, 0.2) is 12.2 Å². The van der Waals surface area contributed by atoms with Gasteiger partial charge in [0.25, 0.3) is 0 Å². The maximum atomic E-state index is 12.6. The van der Waals surface area contributed by atoms with Gasteiger partial charge in [-0.2, -0.15) is 0 Å². The second-order valence-electron chi connectivity index (χ2n) is 27.8. The summed E-state index contributed by atoms with van der Waals surface area (Å²) in [4.78, 5) is 24.6. The summed E-state index contributed by atoms with van der Waals surface area (Å²) in [5.41, 5.74) is 0. The van der Waals surface area contributed by atoms with Crippen molar-refractivity contribution in [2.45, 2.75) is 475 Å². The Hall–Kier alpha value is -1.40. The summed E-state index contributed by atoms with van der Waals surface area (Å²) in [6.07, 6.45) is 96.2. The fourth-order valence-corrected chi connectivity index (χ4v) is 13.0. The van der Waals surface area contributed by atoms with Crippen LogP contribution in [-0.4, -0.2) is 47.4 Å². The van der Waals surface area contributed by atoms with Crippen LogP contribution < -0.4 is 5.32 Å². The van der Waals surface area contributed by atoms with Crippen molar-refractivity contribution in [2.24, 2.45) is 0 Å². The van der Waals surface area contributed by atoms with Gasteiger partial charge in [-0.1, -0.05) is 431 Å². The van der Waals surface area contributed by atoms with Crippen molar-refractivity contribution in [3.63, 3.8) is 0 Å². The van der Waals surface area contributed by atoms with Crippen molar-refractivity contribution < 1.29 is 24.5 Å². The fraction of sp³-hybridized carbons (Fsp3) is 0.950. The first-order valence-corrected chi connectivity index (χ1v) is 40.0. The van der Waals surface area contributed by atoms with Crippen molar-refractivity contribution in [3.05, 3.63) is 12.2 Å². The minimum atomic E-state index is -0.842. The molecule has 0 bridgehead atoms. The summed E-state index contributed by atoms with van der Waals surface area (Å²) in [5.74, 6) is -0.0335. The molecule has 0 aromatic heterocycles. The normalized spacial score (nSPS) is 12.5. The Morgan fingerprint density at radius 3 is 0.791 bits per heavy atom. The summed E-state index contributed by atoms with van der Waals surface area (Å²) in [6.45, 7) is 4.97. The van der Waals surface area contributed by atoms with Gasteiger partial charge in [0.15, 0.2) is 0 Å². The first-order valence-electron chi connectivity index (χ1n) is 40.0. The standard InChI is InChI=1S/C80H157NO5/c1-3-5-7-9-11-13-15-17-19-20-21-22-32-35-38-41-45-48-52-56-60-64-68-72-78(83)77(76-82)81-79(84)73-69-65-61-57-53-49-46-42-39-36-33-30-28-26-24-23-25-27-29-31-34-37-40-43-47-51-55-59-63-67-71-75-86-80(85)74-70-66-62-58-54-50-44-18-16-14-12-10-8-6-4-2/h68,72,77-78,82-83H,3-67,69-71,73-76H2,1-2H3,(H,81,84)/b72-68+. The number of carbonyl (C=O) groups is 2. The molecule has 0 aromatic carbocycles. The van der Waals surface area contributed by atoms with E-state index in [1.54, 1.807) is 6.08 Å². The number of unbranched alkanes of at least 4 members (excludes halogenated alkanes) is 65. The number of ether oxygens (including phenoxy) is 1. The van der Waals surface area contributed by atoms with Gasteiger partial charge >= 0.3 is 5.97 Å². The number of aliphatic hydroxyl groups excluding tert-OH is 2. The molecule has 0 radical (unpaired) electrons. The number of hydrogen-bond donors (Lipinski definition) is 3. The van der Waals surface area contributed by atoms with E-state index in [1.165, 1.54) is 398 Å². The number of nitrogens with one attached hydrogen (secondary N) is 1. The van der Waals surface area contributed by atoms with E-state index in [9.17, 15) is 19.8 Å². The molecule has 512 valence electrons. The molecule has 6 nitrogen and oxygen atoms in total. The maximum Gasteiger partial charge on any atom is 0.305 e. The summed E-state index contributed by atoms with van der Waals surface area (Å²) >= 11 is 0. The van der Waals surface area contributed by atoms with Crippen molar-refractivity contribution in [1.82, 2.24) is 5.32 Å². The lowest BCUT2D eigenvalue weighted by molar-refractivity contribution is -0.143. The SMILES string of the molecule is CCCCCCCCCCCCCCCCCCCCCCC/C=C/C(O)C(CO)NC(=O)CCCCCCCCCCCCCCCCCCCCCCCCCCCCCCCCCOC(=O)CCCCCCCCCCCCCCCCC. The highest BCUT2D eigenvalue weighted by molar-refractivity contribution is 5.76. The molecule has 3 N–H and O–H groups in total. The molecule has 0 aliphatic rings.